The van der Waals surface area contributed by atoms with E-state index in [9.17, 15) is 26.3 Å². The van der Waals surface area contributed by atoms with E-state index in [2.05, 4.69) is 0 Å². The summed E-state index contributed by atoms with van der Waals surface area (Å²) in [6, 6.07) is 7.73. The molecule has 0 radical (unpaired) electrons. The molecule has 9 heteroatoms. The van der Waals surface area contributed by atoms with Crippen molar-refractivity contribution in [3.8, 4) is 22.6 Å². The fraction of sp³-hybridized carbons (Fsp3) is 0.379. The Hall–Kier alpha value is -3.20. The van der Waals surface area contributed by atoms with Crippen LogP contribution in [0.25, 0.3) is 11.1 Å². The summed E-state index contributed by atoms with van der Waals surface area (Å²) in [7, 11) is 0. The zero-order valence-electron chi connectivity index (χ0n) is 21.1. The van der Waals surface area contributed by atoms with E-state index in [4.69, 9.17) is 14.2 Å². The van der Waals surface area contributed by atoms with Crippen molar-refractivity contribution in [1.29, 1.82) is 0 Å². The van der Waals surface area contributed by atoms with Crippen molar-refractivity contribution in [2.75, 3.05) is 19.8 Å². The van der Waals surface area contributed by atoms with Crippen LogP contribution >= 0.6 is 0 Å². The van der Waals surface area contributed by atoms with Gasteiger partial charge in [-0.1, -0.05) is 12.1 Å². The van der Waals surface area contributed by atoms with E-state index in [0.29, 0.717) is 19.3 Å². The molecular formula is C29H28F6O3. The van der Waals surface area contributed by atoms with Gasteiger partial charge in [0.1, 0.15) is 0 Å². The molecule has 3 aromatic carbocycles. The Labute approximate surface area is 217 Å². The highest BCUT2D eigenvalue weighted by atomic mass is 19.2. The van der Waals surface area contributed by atoms with Crippen LogP contribution in [0.1, 0.15) is 50.3 Å². The third-order valence-electron chi connectivity index (χ3n) is 6.71. The second-order valence-corrected chi connectivity index (χ2v) is 9.09. The van der Waals surface area contributed by atoms with E-state index >= 15 is 0 Å². The molecule has 1 heterocycles. The average Bonchev–Trinajstić information content (AvgIpc) is 2.92. The Kier molecular flexibility index (Phi) is 8.87. The third-order valence-corrected chi connectivity index (χ3v) is 6.71. The van der Waals surface area contributed by atoms with Crippen molar-refractivity contribution in [2.45, 2.75) is 45.6 Å². The molecule has 0 saturated carbocycles. The van der Waals surface area contributed by atoms with Crippen molar-refractivity contribution in [2.24, 2.45) is 5.92 Å². The van der Waals surface area contributed by atoms with Crippen LogP contribution in [-0.4, -0.2) is 19.8 Å². The highest BCUT2D eigenvalue weighted by molar-refractivity contribution is 5.66. The summed E-state index contributed by atoms with van der Waals surface area (Å²) in [6.07, 6.45) is 1.10. The molecule has 0 amide bonds. The van der Waals surface area contributed by atoms with E-state index in [1.165, 1.54) is 30.3 Å². The molecule has 4 rings (SSSR count). The minimum absolute atomic E-state index is 0.00152. The minimum Gasteiger partial charge on any atom is -0.491 e. The Bertz CT molecular complexity index is 1290. The maximum Gasteiger partial charge on any atom is 0.201 e. The maximum atomic E-state index is 14.9. The topological polar surface area (TPSA) is 27.7 Å². The number of benzene rings is 3. The van der Waals surface area contributed by atoms with Gasteiger partial charge in [0.05, 0.1) is 25.9 Å². The van der Waals surface area contributed by atoms with Gasteiger partial charge in [0, 0.05) is 16.7 Å². The van der Waals surface area contributed by atoms with Crippen LogP contribution in [0.3, 0.4) is 0 Å². The first-order valence-electron chi connectivity index (χ1n) is 12.6. The molecule has 3 aromatic rings. The predicted molar refractivity (Wildman–Crippen MR) is 130 cm³/mol. The molecule has 2 unspecified atom stereocenters. The summed E-state index contributed by atoms with van der Waals surface area (Å²) < 4.78 is 103. The summed E-state index contributed by atoms with van der Waals surface area (Å²) in [5.41, 5.74) is -0.580. The number of ether oxygens (including phenoxy) is 3. The van der Waals surface area contributed by atoms with Gasteiger partial charge in [0.25, 0.3) is 0 Å². The first kappa shape index (κ1) is 27.8. The Morgan fingerprint density at radius 2 is 1.26 bits per heavy atom. The van der Waals surface area contributed by atoms with Gasteiger partial charge in [-0.2, -0.15) is 8.78 Å². The number of rotatable bonds is 9. The van der Waals surface area contributed by atoms with Crippen LogP contribution in [0.5, 0.6) is 11.5 Å². The molecule has 1 fully saturated rings. The van der Waals surface area contributed by atoms with E-state index in [1.807, 2.05) is 0 Å². The van der Waals surface area contributed by atoms with E-state index < -0.39 is 46.6 Å². The number of halogens is 6. The molecule has 0 aromatic heterocycles. The van der Waals surface area contributed by atoms with Crippen LogP contribution in [0.2, 0.25) is 0 Å². The van der Waals surface area contributed by atoms with Crippen LogP contribution in [0, 0.1) is 40.8 Å². The second-order valence-electron chi connectivity index (χ2n) is 9.09. The molecule has 1 saturated heterocycles. The Balaban J connectivity index is 1.39. The third kappa shape index (κ3) is 5.62. The highest BCUT2D eigenvalue weighted by Gasteiger charge is 2.28. The molecule has 3 nitrogen and oxygen atoms in total. The van der Waals surface area contributed by atoms with E-state index in [-0.39, 0.29) is 60.3 Å². The highest BCUT2D eigenvalue weighted by Crippen LogP contribution is 2.37. The predicted octanol–water partition coefficient (Wildman–Crippen LogP) is 8.09. The number of aryl methyl sites for hydroxylation is 1. The van der Waals surface area contributed by atoms with Crippen molar-refractivity contribution >= 4 is 0 Å². The van der Waals surface area contributed by atoms with Crippen molar-refractivity contribution in [3.05, 3.63) is 82.4 Å². The molecular weight excluding hydrogens is 510 g/mol. The first-order valence-corrected chi connectivity index (χ1v) is 12.6. The average molecular weight is 539 g/mol. The van der Waals surface area contributed by atoms with E-state index in [0.717, 1.165) is 6.07 Å². The summed E-state index contributed by atoms with van der Waals surface area (Å²) in [5, 5.41) is 0. The van der Waals surface area contributed by atoms with Crippen LogP contribution in [-0.2, 0) is 11.2 Å². The minimum atomic E-state index is -1.32. The fourth-order valence-corrected chi connectivity index (χ4v) is 4.70. The molecule has 0 spiro atoms. The van der Waals surface area contributed by atoms with Crippen molar-refractivity contribution in [1.82, 2.24) is 0 Å². The van der Waals surface area contributed by atoms with Crippen molar-refractivity contribution in [3.63, 3.8) is 0 Å². The second kappa shape index (κ2) is 12.1. The van der Waals surface area contributed by atoms with Gasteiger partial charge < -0.3 is 14.2 Å². The summed E-state index contributed by atoms with van der Waals surface area (Å²) in [5.74, 6) is -7.49. The standard InChI is InChI=1S/C29H28F6O3/c1-3-36-22-13-10-19(26(32)28(22)34)18-9-8-17(24(30)25(18)31)7-5-16-6-12-21(38-15-16)20-11-14-23(37-4-2)29(35)27(20)33/h8-11,13-14,16,21H,3-7,12,15H2,1-2H3. The quantitative estimate of drug-likeness (QED) is 0.258. The fourth-order valence-electron chi connectivity index (χ4n) is 4.70. The van der Waals surface area contributed by atoms with Gasteiger partial charge in [0.15, 0.2) is 34.8 Å². The lowest BCUT2D eigenvalue weighted by Crippen LogP contribution is -2.22. The summed E-state index contributed by atoms with van der Waals surface area (Å²) in [4.78, 5) is 0. The van der Waals surface area contributed by atoms with Crippen LogP contribution in [0.4, 0.5) is 26.3 Å². The molecule has 2 atom stereocenters. The summed E-state index contributed by atoms with van der Waals surface area (Å²) >= 11 is 0. The lowest BCUT2D eigenvalue weighted by atomic mass is 9.89. The van der Waals surface area contributed by atoms with Gasteiger partial charge in [0.2, 0.25) is 11.6 Å². The van der Waals surface area contributed by atoms with Crippen LogP contribution in [0.15, 0.2) is 36.4 Å². The molecule has 38 heavy (non-hydrogen) atoms. The lowest BCUT2D eigenvalue weighted by molar-refractivity contribution is -0.0213. The van der Waals surface area contributed by atoms with Crippen LogP contribution < -0.4 is 9.47 Å². The van der Waals surface area contributed by atoms with Gasteiger partial charge in [-0.25, -0.2) is 17.6 Å². The zero-order chi connectivity index (χ0) is 27.4. The van der Waals surface area contributed by atoms with Gasteiger partial charge in [-0.3, -0.25) is 0 Å². The normalized spacial score (nSPS) is 17.5. The maximum absolute atomic E-state index is 14.9. The van der Waals surface area contributed by atoms with Gasteiger partial charge in [-0.05, 0) is 75.3 Å². The molecule has 1 aliphatic rings. The summed E-state index contributed by atoms with van der Waals surface area (Å²) in [6.45, 7) is 3.86. The van der Waals surface area contributed by atoms with Crippen molar-refractivity contribution < 1.29 is 40.6 Å². The molecule has 0 aliphatic carbocycles. The SMILES string of the molecule is CCOc1ccc(-c2ccc(CCC3CCC(c4ccc(OCC)c(F)c4F)OC3)c(F)c2F)c(F)c1F. The monoisotopic (exact) mass is 538 g/mol. The van der Waals surface area contributed by atoms with E-state index in [1.54, 1.807) is 13.8 Å². The number of hydrogen-bond donors (Lipinski definition) is 0. The van der Waals surface area contributed by atoms with Gasteiger partial charge in [-0.15, -0.1) is 0 Å². The number of hydrogen-bond acceptors (Lipinski definition) is 3. The van der Waals surface area contributed by atoms with Gasteiger partial charge >= 0.3 is 0 Å². The molecule has 204 valence electrons. The largest absolute Gasteiger partial charge is 0.491 e. The molecule has 1 aliphatic heterocycles. The zero-order valence-corrected chi connectivity index (χ0v) is 21.1. The smallest absolute Gasteiger partial charge is 0.201 e. The Morgan fingerprint density at radius 3 is 1.87 bits per heavy atom. The first-order chi connectivity index (χ1) is 18.3. The molecule has 0 N–H and O–H groups in total. The lowest BCUT2D eigenvalue weighted by Gasteiger charge is -2.30. The molecule has 0 bridgehead atoms. The Morgan fingerprint density at radius 1 is 0.684 bits per heavy atom.